The van der Waals surface area contributed by atoms with Crippen molar-refractivity contribution >= 4 is 5.69 Å². The molecule has 21 heavy (non-hydrogen) atoms. The summed E-state index contributed by atoms with van der Waals surface area (Å²) in [4.78, 5) is 10.2. The summed E-state index contributed by atoms with van der Waals surface area (Å²) in [5.41, 5.74) is 0.345. The Bertz CT molecular complexity index is 459. The normalized spacial score (nSPS) is 12.4. The zero-order chi connectivity index (χ0) is 15.8. The Morgan fingerprint density at radius 3 is 2.52 bits per heavy atom. The minimum absolute atomic E-state index is 0.0635. The first-order chi connectivity index (χ1) is 9.91. The van der Waals surface area contributed by atoms with E-state index in [1.807, 2.05) is 0 Å². The van der Waals surface area contributed by atoms with Crippen LogP contribution in [0.3, 0.4) is 0 Å². The standard InChI is InChI=1S/C15H23NO5/c1-11(2)6-7-20-8-9-21-15-5-4-13(16(18)19)10-14(15)12(3)17/h4-5,10-12,17H,6-9H2,1-3H3/t12-/m1/s1. The number of benzene rings is 1. The lowest BCUT2D eigenvalue weighted by atomic mass is 10.1. The topological polar surface area (TPSA) is 81.8 Å². The molecule has 1 aromatic rings. The van der Waals surface area contributed by atoms with Crippen LogP contribution in [0.25, 0.3) is 0 Å². The molecule has 6 nitrogen and oxygen atoms in total. The van der Waals surface area contributed by atoms with E-state index in [1.165, 1.54) is 18.2 Å². The molecule has 0 aliphatic carbocycles. The molecule has 1 atom stereocenters. The van der Waals surface area contributed by atoms with Gasteiger partial charge in [0.15, 0.2) is 0 Å². The molecule has 0 spiro atoms. The van der Waals surface area contributed by atoms with Crippen LogP contribution in [0.4, 0.5) is 5.69 Å². The zero-order valence-corrected chi connectivity index (χ0v) is 12.7. The van der Waals surface area contributed by atoms with Crippen LogP contribution in [-0.4, -0.2) is 29.9 Å². The Kier molecular flexibility index (Phi) is 7.11. The maximum atomic E-state index is 10.7. The van der Waals surface area contributed by atoms with Crippen molar-refractivity contribution in [3.05, 3.63) is 33.9 Å². The number of nitrogens with zero attached hydrogens (tertiary/aromatic N) is 1. The predicted molar refractivity (Wildman–Crippen MR) is 79.5 cm³/mol. The van der Waals surface area contributed by atoms with Crippen molar-refractivity contribution in [1.82, 2.24) is 0 Å². The Morgan fingerprint density at radius 1 is 1.24 bits per heavy atom. The van der Waals surface area contributed by atoms with Gasteiger partial charge in [-0.2, -0.15) is 0 Å². The number of hydrogen-bond acceptors (Lipinski definition) is 5. The van der Waals surface area contributed by atoms with Crippen molar-refractivity contribution in [2.75, 3.05) is 19.8 Å². The fourth-order valence-electron chi connectivity index (χ4n) is 1.74. The third kappa shape index (κ3) is 6.10. The van der Waals surface area contributed by atoms with Gasteiger partial charge in [-0.1, -0.05) is 13.8 Å². The lowest BCUT2D eigenvalue weighted by Crippen LogP contribution is -2.10. The summed E-state index contributed by atoms with van der Waals surface area (Å²) in [7, 11) is 0. The van der Waals surface area contributed by atoms with E-state index in [2.05, 4.69) is 13.8 Å². The van der Waals surface area contributed by atoms with Gasteiger partial charge in [0.2, 0.25) is 0 Å². The lowest BCUT2D eigenvalue weighted by molar-refractivity contribution is -0.385. The summed E-state index contributed by atoms with van der Waals surface area (Å²) in [6.07, 6.45) is 0.165. The fourth-order valence-corrected chi connectivity index (χ4v) is 1.74. The van der Waals surface area contributed by atoms with Gasteiger partial charge in [0, 0.05) is 24.3 Å². The number of aliphatic hydroxyl groups excluding tert-OH is 1. The fraction of sp³-hybridized carbons (Fsp3) is 0.600. The lowest BCUT2D eigenvalue weighted by Gasteiger charge is -2.13. The van der Waals surface area contributed by atoms with Crippen LogP contribution >= 0.6 is 0 Å². The molecular weight excluding hydrogens is 274 g/mol. The highest BCUT2D eigenvalue weighted by molar-refractivity contribution is 5.44. The van der Waals surface area contributed by atoms with Crippen LogP contribution in [0, 0.1) is 16.0 Å². The quantitative estimate of drug-likeness (QED) is 0.430. The van der Waals surface area contributed by atoms with E-state index in [4.69, 9.17) is 9.47 Å². The van der Waals surface area contributed by atoms with E-state index >= 15 is 0 Å². The first kappa shape index (κ1) is 17.4. The zero-order valence-electron chi connectivity index (χ0n) is 12.7. The number of ether oxygens (including phenoxy) is 2. The highest BCUT2D eigenvalue weighted by atomic mass is 16.6. The Morgan fingerprint density at radius 2 is 1.95 bits per heavy atom. The van der Waals surface area contributed by atoms with E-state index in [-0.39, 0.29) is 5.69 Å². The second-order valence-electron chi connectivity index (χ2n) is 5.30. The Hall–Kier alpha value is -1.66. The van der Waals surface area contributed by atoms with E-state index in [9.17, 15) is 15.2 Å². The van der Waals surface area contributed by atoms with Crippen LogP contribution in [0.1, 0.15) is 38.9 Å². The average Bonchev–Trinajstić information content (AvgIpc) is 2.42. The van der Waals surface area contributed by atoms with Crippen LogP contribution in [-0.2, 0) is 4.74 Å². The Balaban J connectivity index is 2.52. The molecule has 0 radical (unpaired) electrons. The average molecular weight is 297 g/mol. The van der Waals surface area contributed by atoms with Crippen LogP contribution in [0.2, 0.25) is 0 Å². The van der Waals surface area contributed by atoms with Crippen LogP contribution in [0.15, 0.2) is 18.2 Å². The van der Waals surface area contributed by atoms with E-state index in [0.717, 1.165) is 6.42 Å². The summed E-state index contributed by atoms with van der Waals surface area (Å²) < 4.78 is 11.0. The molecule has 1 N–H and O–H groups in total. The molecule has 0 fully saturated rings. The van der Waals surface area contributed by atoms with Gasteiger partial charge in [-0.05, 0) is 25.3 Å². The minimum Gasteiger partial charge on any atom is -0.491 e. The first-order valence-corrected chi connectivity index (χ1v) is 7.08. The van der Waals surface area contributed by atoms with Gasteiger partial charge < -0.3 is 14.6 Å². The number of non-ortho nitro benzene ring substituents is 1. The van der Waals surface area contributed by atoms with Crippen LogP contribution < -0.4 is 4.74 Å². The molecule has 0 saturated carbocycles. The van der Waals surface area contributed by atoms with Gasteiger partial charge in [0.05, 0.1) is 17.6 Å². The highest BCUT2D eigenvalue weighted by Gasteiger charge is 2.15. The monoisotopic (exact) mass is 297 g/mol. The second-order valence-corrected chi connectivity index (χ2v) is 5.30. The summed E-state index contributed by atoms with van der Waals surface area (Å²) in [5.74, 6) is 1.05. The molecule has 1 rings (SSSR count). The van der Waals surface area contributed by atoms with E-state index in [0.29, 0.717) is 37.1 Å². The van der Waals surface area contributed by atoms with Crippen molar-refractivity contribution in [2.24, 2.45) is 5.92 Å². The molecular formula is C15H23NO5. The SMILES string of the molecule is CC(C)CCOCCOc1ccc([N+](=O)[O-])cc1[C@@H](C)O. The summed E-state index contributed by atoms with van der Waals surface area (Å²) in [6.45, 7) is 7.28. The molecule has 0 unspecified atom stereocenters. The maximum Gasteiger partial charge on any atom is 0.270 e. The number of nitro benzene ring substituents is 1. The number of rotatable bonds is 9. The van der Waals surface area contributed by atoms with Crippen molar-refractivity contribution in [1.29, 1.82) is 0 Å². The maximum absolute atomic E-state index is 10.7. The van der Waals surface area contributed by atoms with Crippen molar-refractivity contribution in [2.45, 2.75) is 33.3 Å². The van der Waals surface area contributed by atoms with Gasteiger partial charge in [-0.3, -0.25) is 10.1 Å². The predicted octanol–water partition coefficient (Wildman–Crippen LogP) is 3.09. The number of hydrogen-bond donors (Lipinski definition) is 1. The van der Waals surface area contributed by atoms with Gasteiger partial charge in [0.1, 0.15) is 12.4 Å². The molecule has 118 valence electrons. The van der Waals surface area contributed by atoms with Gasteiger partial charge in [-0.25, -0.2) is 0 Å². The molecule has 0 bridgehead atoms. The molecule has 0 aromatic heterocycles. The van der Waals surface area contributed by atoms with Gasteiger partial charge >= 0.3 is 0 Å². The highest BCUT2D eigenvalue weighted by Crippen LogP contribution is 2.29. The second kappa shape index (κ2) is 8.59. The van der Waals surface area contributed by atoms with Gasteiger partial charge in [0.25, 0.3) is 5.69 Å². The van der Waals surface area contributed by atoms with E-state index < -0.39 is 11.0 Å². The van der Waals surface area contributed by atoms with Crippen molar-refractivity contribution in [3.8, 4) is 5.75 Å². The van der Waals surface area contributed by atoms with Gasteiger partial charge in [-0.15, -0.1) is 0 Å². The Labute approximate surface area is 124 Å². The molecule has 0 amide bonds. The van der Waals surface area contributed by atoms with Crippen LogP contribution in [0.5, 0.6) is 5.75 Å². The summed E-state index contributed by atoms with van der Waals surface area (Å²) in [6, 6.07) is 4.20. The van der Waals surface area contributed by atoms with E-state index in [1.54, 1.807) is 6.92 Å². The summed E-state index contributed by atoms with van der Waals surface area (Å²) in [5, 5.41) is 20.4. The number of nitro groups is 1. The third-order valence-corrected chi connectivity index (χ3v) is 2.98. The van der Waals surface area contributed by atoms with Crippen molar-refractivity contribution < 1.29 is 19.5 Å². The summed E-state index contributed by atoms with van der Waals surface area (Å²) >= 11 is 0. The number of aliphatic hydroxyl groups is 1. The molecule has 0 aliphatic heterocycles. The minimum atomic E-state index is -0.832. The molecule has 1 aromatic carbocycles. The smallest absolute Gasteiger partial charge is 0.270 e. The first-order valence-electron chi connectivity index (χ1n) is 7.08. The molecule has 0 saturated heterocycles. The molecule has 0 aliphatic rings. The third-order valence-electron chi connectivity index (χ3n) is 2.98. The molecule has 6 heteroatoms. The largest absolute Gasteiger partial charge is 0.491 e. The molecule has 0 heterocycles. The van der Waals surface area contributed by atoms with Crippen molar-refractivity contribution in [3.63, 3.8) is 0 Å².